The molecule has 2 rings (SSSR count). The van der Waals surface area contributed by atoms with Gasteiger partial charge in [0.25, 0.3) is 0 Å². The zero-order valence-corrected chi connectivity index (χ0v) is 12.3. The highest BCUT2D eigenvalue weighted by Crippen LogP contribution is 2.19. The molecular formula is C16H14NO3S-. The van der Waals surface area contributed by atoms with Crippen molar-refractivity contribution >= 4 is 29.3 Å². The van der Waals surface area contributed by atoms with Crippen molar-refractivity contribution in [1.29, 1.82) is 0 Å². The molecule has 5 heteroatoms. The molecule has 4 nitrogen and oxygen atoms in total. The zero-order valence-electron chi connectivity index (χ0n) is 11.5. The summed E-state index contributed by atoms with van der Waals surface area (Å²) in [5.74, 6) is -1.18. The van der Waals surface area contributed by atoms with E-state index in [1.807, 2.05) is 30.3 Å². The van der Waals surface area contributed by atoms with Gasteiger partial charge in [0.1, 0.15) is 0 Å². The molecule has 0 aliphatic rings. The van der Waals surface area contributed by atoms with Crippen LogP contribution in [0.1, 0.15) is 15.9 Å². The molecule has 0 bridgehead atoms. The molecule has 0 atom stereocenters. The highest BCUT2D eigenvalue weighted by molar-refractivity contribution is 8.00. The maximum Gasteiger partial charge on any atom is 0.234 e. The molecule has 1 amide bonds. The van der Waals surface area contributed by atoms with Gasteiger partial charge in [-0.25, -0.2) is 0 Å². The third-order valence-electron chi connectivity index (χ3n) is 2.86. The molecule has 108 valence electrons. The molecule has 0 heterocycles. The van der Waals surface area contributed by atoms with Crippen molar-refractivity contribution in [3.05, 3.63) is 59.7 Å². The molecule has 1 N–H and O–H groups in total. The van der Waals surface area contributed by atoms with E-state index >= 15 is 0 Å². The Bertz CT molecular complexity index is 656. The van der Waals surface area contributed by atoms with Crippen molar-refractivity contribution in [2.75, 3.05) is 11.1 Å². The number of carbonyl (C=O) groups is 2. The van der Waals surface area contributed by atoms with E-state index in [1.165, 1.54) is 23.9 Å². The normalized spacial score (nSPS) is 10.1. The highest BCUT2D eigenvalue weighted by Gasteiger charge is 2.07. The van der Waals surface area contributed by atoms with Crippen LogP contribution in [0.3, 0.4) is 0 Å². The fraction of sp³-hybridized carbons (Fsp3) is 0.125. The SMILES string of the molecule is Cc1ccc(C(=O)[O-])cc1NC(=O)CSc1ccccc1. The Morgan fingerprint density at radius 2 is 1.86 bits per heavy atom. The Balaban J connectivity index is 1.99. The van der Waals surface area contributed by atoms with Gasteiger partial charge in [-0.05, 0) is 36.2 Å². The third kappa shape index (κ3) is 4.36. The highest BCUT2D eigenvalue weighted by atomic mass is 32.2. The van der Waals surface area contributed by atoms with E-state index in [9.17, 15) is 14.7 Å². The van der Waals surface area contributed by atoms with Crippen LogP contribution >= 0.6 is 11.8 Å². The molecule has 0 saturated heterocycles. The summed E-state index contributed by atoms with van der Waals surface area (Å²) in [5.41, 5.74) is 1.35. The van der Waals surface area contributed by atoms with E-state index < -0.39 is 5.97 Å². The van der Waals surface area contributed by atoms with E-state index in [0.29, 0.717) is 5.69 Å². The topological polar surface area (TPSA) is 69.2 Å². The fourth-order valence-electron chi connectivity index (χ4n) is 1.74. The van der Waals surface area contributed by atoms with E-state index in [4.69, 9.17) is 0 Å². The van der Waals surface area contributed by atoms with E-state index in [2.05, 4.69) is 5.32 Å². The van der Waals surface area contributed by atoms with Crippen LogP contribution in [-0.4, -0.2) is 17.6 Å². The first kappa shape index (κ1) is 15.1. The van der Waals surface area contributed by atoms with Crippen LogP contribution < -0.4 is 10.4 Å². The third-order valence-corrected chi connectivity index (χ3v) is 3.87. The molecule has 0 unspecified atom stereocenters. The van der Waals surface area contributed by atoms with Crippen LogP contribution in [0, 0.1) is 6.92 Å². The summed E-state index contributed by atoms with van der Waals surface area (Å²) in [6.45, 7) is 1.80. The number of benzene rings is 2. The minimum atomic E-state index is -1.26. The Hall–Kier alpha value is -2.27. The molecular weight excluding hydrogens is 286 g/mol. The summed E-state index contributed by atoms with van der Waals surface area (Å²) in [6, 6.07) is 14.1. The Labute approximate surface area is 127 Å². The number of rotatable bonds is 5. The molecule has 0 fully saturated rings. The summed E-state index contributed by atoms with van der Waals surface area (Å²) >= 11 is 1.42. The number of amides is 1. The second kappa shape index (κ2) is 6.95. The summed E-state index contributed by atoms with van der Waals surface area (Å²) in [6.07, 6.45) is 0. The van der Waals surface area contributed by atoms with Gasteiger partial charge >= 0.3 is 0 Å². The molecule has 0 aliphatic carbocycles. The Kier molecular flexibility index (Phi) is 5.00. The Morgan fingerprint density at radius 1 is 1.14 bits per heavy atom. The number of aromatic carboxylic acids is 1. The molecule has 0 saturated carbocycles. The molecule has 2 aromatic carbocycles. The van der Waals surface area contributed by atoms with Crippen LogP contribution in [0.4, 0.5) is 5.69 Å². The van der Waals surface area contributed by atoms with Crippen molar-refractivity contribution < 1.29 is 14.7 Å². The quantitative estimate of drug-likeness (QED) is 0.858. The summed E-state index contributed by atoms with van der Waals surface area (Å²) in [5, 5.41) is 13.6. The minimum absolute atomic E-state index is 0.0478. The first-order chi connectivity index (χ1) is 10.1. The predicted molar refractivity (Wildman–Crippen MR) is 81.3 cm³/mol. The molecule has 0 aromatic heterocycles. The largest absolute Gasteiger partial charge is 0.545 e. The van der Waals surface area contributed by atoms with Crippen LogP contribution in [-0.2, 0) is 4.79 Å². The summed E-state index contributed by atoms with van der Waals surface area (Å²) in [7, 11) is 0. The zero-order chi connectivity index (χ0) is 15.2. The lowest BCUT2D eigenvalue weighted by Crippen LogP contribution is -2.23. The number of anilines is 1. The number of carbonyl (C=O) groups excluding carboxylic acids is 2. The fourth-order valence-corrected chi connectivity index (χ4v) is 2.46. The maximum atomic E-state index is 11.9. The molecule has 0 spiro atoms. The average Bonchev–Trinajstić information content (AvgIpc) is 2.48. The van der Waals surface area contributed by atoms with Crippen molar-refractivity contribution in [2.45, 2.75) is 11.8 Å². The molecule has 21 heavy (non-hydrogen) atoms. The van der Waals surface area contributed by atoms with Gasteiger partial charge < -0.3 is 15.2 Å². The number of carboxylic acids is 1. The van der Waals surface area contributed by atoms with Crippen molar-refractivity contribution in [3.8, 4) is 0 Å². The monoisotopic (exact) mass is 300 g/mol. The number of carboxylic acid groups (broad SMARTS) is 1. The minimum Gasteiger partial charge on any atom is -0.545 e. The molecule has 0 aliphatic heterocycles. The molecule has 2 aromatic rings. The standard InChI is InChI=1S/C16H15NO3S/c1-11-7-8-12(16(19)20)9-14(11)17-15(18)10-21-13-5-3-2-4-6-13/h2-9H,10H2,1H3,(H,17,18)(H,19,20)/p-1. The number of thioether (sulfide) groups is 1. The van der Waals surface area contributed by atoms with Crippen molar-refractivity contribution in [1.82, 2.24) is 0 Å². The van der Waals surface area contributed by atoms with Crippen LogP contribution in [0.15, 0.2) is 53.4 Å². The number of nitrogens with one attached hydrogen (secondary N) is 1. The average molecular weight is 300 g/mol. The van der Waals surface area contributed by atoms with Crippen molar-refractivity contribution in [2.24, 2.45) is 0 Å². The van der Waals surface area contributed by atoms with E-state index in [1.54, 1.807) is 13.0 Å². The lowest BCUT2D eigenvalue weighted by molar-refractivity contribution is -0.255. The van der Waals surface area contributed by atoms with E-state index in [-0.39, 0.29) is 17.2 Å². The van der Waals surface area contributed by atoms with Gasteiger partial charge in [-0.1, -0.05) is 30.3 Å². The van der Waals surface area contributed by atoms with Crippen LogP contribution in [0.25, 0.3) is 0 Å². The summed E-state index contributed by atoms with van der Waals surface area (Å²) < 4.78 is 0. The lowest BCUT2D eigenvalue weighted by atomic mass is 10.1. The van der Waals surface area contributed by atoms with Gasteiger partial charge in [0.05, 0.1) is 11.7 Å². The predicted octanol–water partition coefficient (Wildman–Crippen LogP) is 2.09. The smallest absolute Gasteiger partial charge is 0.234 e. The Morgan fingerprint density at radius 3 is 2.52 bits per heavy atom. The van der Waals surface area contributed by atoms with Gasteiger partial charge in [0.15, 0.2) is 0 Å². The molecule has 0 radical (unpaired) electrons. The van der Waals surface area contributed by atoms with Gasteiger partial charge in [0.2, 0.25) is 5.91 Å². The van der Waals surface area contributed by atoms with Crippen LogP contribution in [0.2, 0.25) is 0 Å². The van der Waals surface area contributed by atoms with Crippen molar-refractivity contribution in [3.63, 3.8) is 0 Å². The first-order valence-corrected chi connectivity index (χ1v) is 7.34. The second-order valence-electron chi connectivity index (χ2n) is 4.47. The van der Waals surface area contributed by atoms with Gasteiger partial charge in [-0.2, -0.15) is 0 Å². The van der Waals surface area contributed by atoms with Gasteiger partial charge in [-0.3, -0.25) is 4.79 Å². The second-order valence-corrected chi connectivity index (χ2v) is 5.52. The lowest BCUT2D eigenvalue weighted by Gasteiger charge is -2.11. The number of hydrogen-bond donors (Lipinski definition) is 1. The maximum absolute atomic E-state index is 11.9. The first-order valence-electron chi connectivity index (χ1n) is 6.36. The number of hydrogen-bond acceptors (Lipinski definition) is 4. The van der Waals surface area contributed by atoms with E-state index in [0.717, 1.165) is 10.5 Å². The number of aryl methyl sites for hydroxylation is 1. The van der Waals surface area contributed by atoms with Gasteiger partial charge in [-0.15, -0.1) is 11.8 Å². The summed E-state index contributed by atoms with van der Waals surface area (Å²) in [4.78, 5) is 23.8. The van der Waals surface area contributed by atoms with Gasteiger partial charge in [0, 0.05) is 10.6 Å². The van der Waals surface area contributed by atoms with Crippen LogP contribution in [0.5, 0.6) is 0 Å².